The molecule has 3 rings (SSSR count). The van der Waals surface area contributed by atoms with Gasteiger partial charge in [0.05, 0.1) is 5.71 Å². The van der Waals surface area contributed by atoms with E-state index in [4.69, 9.17) is 0 Å². The lowest BCUT2D eigenvalue weighted by molar-refractivity contribution is 0.552. The summed E-state index contributed by atoms with van der Waals surface area (Å²) in [6.45, 7) is 8.68. The number of halogens is 1. The first-order valence-corrected chi connectivity index (χ1v) is 7.78. The Labute approximate surface area is 140 Å². The zero-order chi connectivity index (χ0) is 17.2. The second-order valence-corrected chi connectivity index (χ2v) is 6.50. The summed E-state index contributed by atoms with van der Waals surface area (Å²) in [5, 5.41) is 15.9. The minimum atomic E-state index is -0.226. The van der Waals surface area contributed by atoms with Crippen molar-refractivity contribution in [3.05, 3.63) is 65.7 Å². The van der Waals surface area contributed by atoms with E-state index >= 15 is 0 Å². The highest BCUT2D eigenvalue weighted by Crippen LogP contribution is 2.23. The van der Waals surface area contributed by atoms with Crippen LogP contribution < -0.4 is 10.7 Å². The van der Waals surface area contributed by atoms with Gasteiger partial charge in [0.15, 0.2) is 0 Å². The summed E-state index contributed by atoms with van der Waals surface area (Å²) in [6.07, 6.45) is 0.666. The Kier molecular flexibility index (Phi) is 4.29. The van der Waals surface area contributed by atoms with E-state index < -0.39 is 0 Å². The fraction of sp³-hybridized carbons (Fsp3) is 0.278. The topological polar surface area (TPSA) is 62.2 Å². The predicted octanol–water partition coefficient (Wildman–Crippen LogP) is 3.22. The van der Waals surface area contributed by atoms with Crippen LogP contribution in [0.15, 0.2) is 53.8 Å². The number of benzene rings is 1. The van der Waals surface area contributed by atoms with Crippen LogP contribution in [0, 0.1) is 5.82 Å². The molecule has 6 heteroatoms. The van der Waals surface area contributed by atoms with Crippen molar-refractivity contribution in [1.29, 1.82) is 0 Å². The van der Waals surface area contributed by atoms with Crippen molar-refractivity contribution in [3.8, 4) is 0 Å². The zero-order valence-corrected chi connectivity index (χ0v) is 13.8. The highest BCUT2D eigenvalue weighted by molar-refractivity contribution is 6.01. The number of hydrogen-bond acceptors (Lipinski definition) is 5. The second-order valence-electron chi connectivity index (χ2n) is 6.50. The molecule has 0 saturated heterocycles. The minimum absolute atomic E-state index is 0.161. The minimum Gasteiger partial charge on any atom is -0.368 e. The number of rotatable bonds is 5. The number of nitrogens with zero attached hydrogens (tertiary/aromatic N) is 3. The van der Waals surface area contributed by atoms with Crippen LogP contribution in [0.2, 0.25) is 0 Å². The Morgan fingerprint density at radius 1 is 1.17 bits per heavy atom. The quantitative estimate of drug-likeness (QED) is 0.886. The lowest BCUT2D eigenvalue weighted by Gasteiger charge is -2.25. The molecule has 0 atom stereocenters. The summed E-state index contributed by atoms with van der Waals surface area (Å²) < 4.78 is 13.1. The van der Waals surface area contributed by atoms with E-state index in [1.807, 2.05) is 24.3 Å². The summed E-state index contributed by atoms with van der Waals surface area (Å²) in [5.74, 6) is 0.468. The van der Waals surface area contributed by atoms with Crippen molar-refractivity contribution in [3.63, 3.8) is 0 Å². The standard InChI is InChI=1S/C18H20FN5/c1-12-10-16(23-21-12)15-8-9-17(24-22-15)20-11-18(2,3)13-4-6-14(19)7-5-13/h4-9,21H,1,10-11H2,2-3H3,(H,20,24). The molecule has 0 fully saturated rings. The lowest BCUT2D eigenvalue weighted by Crippen LogP contribution is -2.28. The van der Waals surface area contributed by atoms with Gasteiger partial charge in [-0.05, 0) is 29.8 Å². The van der Waals surface area contributed by atoms with E-state index in [0.717, 1.165) is 22.7 Å². The number of anilines is 1. The lowest BCUT2D eigenvalue weighted by atomic mass is 9.84. The Hall–Kier alpha value is -2.76. The van der Waals surface area contributed by atoms with Crippen LogP contribution in [0.25, 0.3) is 0 Å². The molecule has 0 aliphatic carbocycles. The van der Waals surface area contributed by atoms with Gasteiger partial charge in [-0.15, -0.1) is 10.2 Å². The highest BCUT2D eigenvalue weighted by Gasteiger charge is 2.21. The number of hydrazone groups is 1. The molecule has 24 heavy (non-hydrogen) atoms. The molecular formula is C18H20FN5. The summed E-state index contributed by atoms with van der Waals surface area (Å²) in [4.78, 5) is 0. The van der Waals surface area contributed by atoms with Crippen molar-refractivity contribution >= 4 is 11.5 Å². The molecule has 1 aromatic carbocycles. The van der Waals surface area contributed by atoms with Gasteiger partial charge in [-0.2, -0.15) is 5.10 Å². The van der Waals surface area contributed by atoms with E-state index in [9.17, 15) is 4.39 Å². The van der Waals surface area contributed by atoms with Crippen molar-refractivity contribution in [1.82, 2.24) is 15.6 Å². The van der Waals surface area contributed by atoms with Gasteiger partial charge in [0.2, 0.25) is 0 Å². The summed E-state index contributed by atoms with van der Waals surface area (Å²) >= 11 is 0. The Morgan fingerprint density at radius 3 is 2.50 bits per heavy atom. The average Bonchev–Trinajstić information content (AvgIpc) is 3.00. The smallest absolute Gasteiger partial charge is 0.148 e. The van der Waals surface area contributed by atoms with Crippen LogP contribution in [0.4, 0.5) is 10.2 Å². The Morgan fingerprint density at radius 2 is 1.92 bits per heavy atom. The molecule has 1 aromatic heterocycles. The maximum absolute atomic E-state index is 13.1. The van der Waals surface area contributed by atoms with Crippen LogP contribution in [0.1, 0.15) is 31.5 Å². The van der Waals surface area contributed by atoms with Gasteiger partial charge >= 0.3 is 0 Å². The molecule has 0 unspecified atom stereocenters. The van der Waals surface area contributed by atoms with Crippen LogP contribution in [-0.2, 0) is 5.41 Å². The molecule has 0 amide bonds. The predicted molar refractivity (Wildman–Crippen MR) is 93.4 cm³/mol. The average molecular weight is 325 g/mol. The third-order valence-corrected chi connectivity index (χ3v) is 4.03. The molecule has 0 spiro atoms. The van der Waals surface area contributed by atoms with E-state index in [2.05, 4.69) is 46.5 Å². The largest absolute Gasteiger partial charge is 0.368 e. The monoisotopic (exact) mass is 325 g/mol. The third-order valence-electron chi connectivity index (χ3n) is 4.03. The Bertz CT molecular complexity index is 763. The SMILES string of the molecule is C=C1CC(c2ccc(NCC(C)(C)c3ccc(F)cc3)nn2)=NN1. The highest BCUT2D eigenvalue weighted by atomic mass is 19.1. The molecule has 124 valence electrons. The van der Waals surface area contributed by atoms with Crippen molar-refractivity contribution in [2.45, 2.75) is 25.7 Å². The Balaban J connectivity index is 1.64. The van der Waals surface area contributed by atoms with E-state index in [1.54, 1.807) is 0 Å². The first-order valence-electron chi connectivity index (χ1n) is 7.78. The van der Waals surface area contributed by atoms with E-state index in [0.29, 0.717) is 18.8 Å². The molecule has 1 aliphatic rings. The first kappa shape index (κ1) is 16.1. The molecule has 0 bridgehead atoms. The molecular weight excluding hydrogens is 305 g/mol. The molecule has 0 radical (unpaired) electrons. The molecule has 0 saturated carbocycles. The van der Waals surface area contributed by atoms with E-state index in [1.165, 1.54) is 12.1 Å². The van der Waals surface area contributed by atoms with Gasteiger partial charge in [-0.25, -0.2) is 4.39 Å². The zero-order valence-electron chi connectivity index (χ0n) is 13.8. The van der Waals surface area contributed by atoms with Gasteiger partial charge in [0.25, 0.3) is 0 Å². The molecule has 5 nitrogen and oxygen atoms in total. The molecule has 2 N–H and O–H groups in total. The summed E-state index contributed by atoms with van der Waals surface area (Å²) in [7, 11) is 0. The number of aromatic nitrogens is 2. The summed E-state index contributed by atoms with van der Waals surface area (Å²) in [6, 6.07) is 10.4. The van der Waals surface area contributed by atoms with Gasteiger partial charge in [-0.1, -0.05) is 32.6 Å². The number of allylic oxidation sites excluding steroid dienone is 1. The van der Waals surface area contributed by atoms with Crippen molar-refractivity contribution in [2.24, 2.45) is 5.10 Å². The number of hydrogen-bond donors (Lipinski definition) is 2. The summed E-state index contributed by atoms with van der Waals surface area (Å²) in [5.41, 5.74) is 6.17. The van der Waals surface area contributed by atoms with Crippen LogP contribution in [-0.4, -0.2) is 22.5 Å². The van der Waals surface area contributed by atoms with Crippen LogP contribution in [0.3, 0.4) is 0 Å². The molecule has 2 heterocycles. The van der Waals surface area contributed by atoms with Crippen LogP contribution in [0.5, 0.6) is 0 Å². The fourth-order valence-corrected chi connectivity index (χ4v) is 2.47. The third kappa shape index (κ3) is 3.59. The maximum atomic E-state index is 13.1. The van der Waals surface area contributed by atoms with Gasteiger partial charge in [0.1, 0.15) is 17.3 Å². The van der Waals surface area contributed by atoms with E-state index in [-0.39, 0.29) is 11.2 Å². The maximum Gasteiger partial charge on any atom is 0.148 e. The molecule has 2 aromatic rings. The van der Waals surface area contributed by atoms with Gasteiger partial charge in [0, 0.05) is 24.1 Å². The second kappa shape index (κ2) is 6.39. The molecule has 1 aliphatic heterocycles. The van der Waals surface area contributed by atoms with Crippen molar-refractivity contribution < 1.29 is 4.39 Å². The van der Waals surface area contributed by atoms with Crippen LogP contribution >= 0.6 is 0 Å². The van der Waals surface area contributed by atoms with Crippen molar-refractivity contribution in [2.75, 3.05) is 11.9 Å². The van der Waals surface area contributed by atoms with Gasteiger partial charge < -0.3 is 5.32 Å². The normalized spacial score (nSPS) is 14.3. The number of nitrogens with one attached hydrogen (secondary N) is 2. The van der Waals surface area contributed by atoms with Gasteiger partial charge in [-0.3, -0.25) is 5.43 Å². The first-order chi connectivity index (χ1) is 11.4. The fourth-order valence-electron chi connectivity index (χ4n) is 2.47.